The second-order valence-corrected chi connectivity index (χ2v) is 8.72. The van der Waals surface area contributed by atoms with Gasteiger partial charge in [-0.1, -0.05) is 65.7 Å². The van der Waals surface area contributed by atoms with E-state index in [-0.39, 0.29) is 11.6 Å². The summed E-state index contributed by atoms with van der Waals surface area (Å²) in [5, 5.41) is -0.234. The molecule has 7 heteroatoms. The molecule has 1 fully saturated rings. The summed E-state index contributed by atoms with van der Waals surface area (Å²) in [5.41, 5.74) is 3.38. The summed E-state index contributed by atoms with van der Waals surface area (Å²) < 4.78 is 19.3. The third kappa shape index (κ3) is 5.03. The van der Waals surface area contributed by atoms with Crippen LogP contribution in [0.25, 0.3) is 6.08 Å². The predicted molar refractivity (Wildman–Crippen MR) is 125 cm³/mol. The average molecular weight is 468 g/mol. The van der Waals surface area contributed by atoms with Gasteiger partial charge in [0.1, 0.15) is 18.2 Å². The number of thioether (sulfide) groups is 1. The van der Waals surface area contributed by atoms with Crippen LogP contribution in [0.1, 0.15) is 22.3 Å². The highest BCUT2D eigenvalue weighted by molar-refractivity contribution is 8.18. The largest absolute Gasteiger partial charge is 0.488 e. The zero-order valence-electron chi connectivity index (χ0n) is 17.2. The van der Waals surface area contributed by atoms with Crippen LogP contribution in [0.3, 0.4) is 0 Å². The van der Waals surface area contributed by atoms with Crippen LogP contribution < -0.4 is 4.74 Å². The van der Waals surface area contributed by atoms with Gasteiger partial charge in [0.05, 0.1) is 11.4 Å². The van der Waals surface area contributed by atoms with E-state index in [0.29, 0.717) is 28.4 Å². The van der Waals surface area contributed by atoms with E-state index in [0.717, 1.165) is 33.9 Å². The van der Waals surface area contributed by atoms with E-state index in [2.05, 4.69) is 6.07 Å². The molecule has 0 saturated carbocycles. The molecule has 0 radical (unpaired) electrons. The molecule has 2 amide bonds. The quantitative estimate of drug-likeness (QED) is 0.383. The van der Waals surface area contributed by atoms with Gasteiger partial charge >= 0.3 is 0 Å². The van der Waals surface area contributed by atoms with Crippen LogP contribution in [-0.4, -0.2) is 16.0 Å². The lowest BCUT2D eigenvalue weighted by molar-refractivity contribution is -0.123. The number of hydrogen-bond donors (Lipinski definition) is 0. The van der Waals surface area contributed by atoms with Crippen LogP contribution in [0.15, 0.2) is 71.6 Å². The second kappa shape index (κ2) is 9.59. The Bertz CT molecular complexity index is 1230. The minimum Gasteiger partial charge on any atom is -0.488 e. The number of para-hydroxylation sites is 1. The molecule has 0 aromatic heterocycles. The van der Waals surface area contributed by atoms with Crippen molar-refractivity contribution in [2.45, 2.75) is 20.1 Å². The molecule has 0 unspecified atom stereocenters. The normalized spacial score (nSPS) is 15.0. The molecule has 1 aliphatic heterocycles. The minimum absolute atomic E-state index is 0.0212. The molecule has 0 atom stereocenters. The van der Waals surface area contributed by atoms with Gasteiger partial charge in [0.25, 0.3) is 11.1 Å². The number of halogens is 2. The van der Waals surface area contributed by atoms with Crippen molar-refractivity contribution >= 4 is 40.6 Å². The van der Waals surface area contributed by atoms with Crippen molar-refractivity contribution in [3.05, 3.63) is 105 Å². The van der Waals surface area contributed by atoms with E-state index < -0.39 is 17.0 Å². The van der Waals surface area contributed by atoms with Gasteiger partial charge in [0.15, 0.2) is 0 Å². The first kappa shape index (κ1) is 22.1. The third-order valence-electron chi connectivity index (χ3n) is 4.90. The highest BCUT2D eigenvalue weighted by Gasteiger charge is 2.35. The number of benzene rings is 3. The van der Waals surface area contributed by atoms with E-state index in [1.165, 1.54) is 12.1 Å². The van der Waals surface area contributed by atoms with E-state index in [9.17, 15) is 14.0 Å². The van der Waals surface area contributed by atoms with Crippen molar-refractivity contribution in [1.82, 2.24) is 4.90 Å². The first-order valence-corrected chi connectivity index (χ1v) is 11.1. The topological polar surface area (TPSA) is 46.6 Å². The van der Waals surface area contributed by atoms with Gasteiger partial charge in [-0.25, -0.2) is 4.39 Å². The second-order valence-electron chi connectivity index (χ2n) is 7.32. The van der Waals surface area contributed by atoms with Crippen LogP contribution in [0.5, 0.6) is 5.75 Å². The number of aryl methyl sites for hydroxylation is 1. The van der Waals surface area contributed by atoms with Crippen molar-refractivity contribution in [1.29, 1.82) is 0 Å². The summed E-state index contributed by atoms with van der Waals surface area (Å²) >= 11 is 6.91. The zero-order chi connectivity index (χ0) is 22.7. The maximum Gasteiger partial charge on any atom is 0.293 e. The molecule has 4 nitrogen and oxygen atoms in total. The summed E-state index contributed by atoms with van der Waals surface area (Å²) in [6.45, 7) is 2.39. The number of hydrogen-bond acceptors (Lipinski definition) is 4. The smallest absolute Gasteiger partial charge is 0.293 e. The van der Waals surface area contributed by atoms with Crippen molar-refractivity contribution in [2.75, 3.05) is 0 Å². The lowest BCUT2D eigenvalue weighted by Crippen LogP contribution is -2.27. The fourth-order valence-corrected chi connectivity index (χ4v) is 4.35. The Kier molecular flexibility index (Phi) is 6.63. The van der Waals surface area contributed by atoms with Gasteiger partial charge in [-0.15, -0.1) is 0 Å². The predicted octanol–water partition coefficient (Wildman–Crippen LogP) is 6.60. The van der Waals surface area contributed by atoms with E-state index in [1.807, 2.05) is 49.4 Å². The molecule has 1 aliphatic rings. The molecule has 162 valence electrons. The Balaban J connectivity index is 1.52. The molecule has 1 heterocycles. The van der Waals surface area contributed by atoms with E-state index in [4.69, 9.17) is 16.3 Å². The van der Waals surface area contributed by atoms with Crippen molar-refractivity contribution in [3.63, 3.8) is 0 Å². The Hall–Kier alpha value is -3.09. The van der Waals surface area contributed by atoms with Crippen LogP contribution in [-0.2, 0) is 17.9 Å². The number of nitrogens with zero attached hydrogens (tertiary/aromatic N) is 1. The number of amides is 2. The van der Waals surface area contributed by atoms with Crippen LogP contribution >= 0.6 is 23.4 Å². The molecular weight excluding hydrogens is 449 g/mol. The highest BCUT2D eigenvalue weighted by atomic mass is 35.5. The summed E-state index contributed by atoms with van der Waals surface area (Å²) in [7, 11) is 0. The summed E-state index contributed by atoms with van der Waals surface area (Å²) in [6.07, 6.45) is 1.66. The molecule has 3 aromatic carbocycles. The number of carbonyl (C=O) groups excluding carboxylic acids is 2. The van der Waals surface area contributed by atoms with Gasteiger partial charge in [0.2, 0.25) is 0 Å². The van der Waals surface area contributed by atoms with Gasteiger partial charge in [-0.2, -0.15) is 0 Å². The maximum absolute atomic E-state index is 13.3. The molecule has 0 aliphatic carbocycles. The van der Waals surface area contributed by atoms with Crippen LogP contribution in [0.2, 0.25) is 5.02 Å². The van der Waals surface area contributed by atoms with Crippen LogP contribution in [0, 0.1) is 12.7 Å². The molecule has 1 saturated heterocycles. The molecule has 32 heavy (non-hydrogen) atoms. The molecule has 3 aromatic rings. The zero-order valence-corrected chi connectivity index (χ0v) is 18.8. The summed E-state index contributed by atoms with van der Waals surface area (Å²) in [4.78, 5) is 26.8. The van der Waals surface area contributed by atoms with Gasteiger partial charge in [0, 0.05) is 10.6 Å². The molecule has 4 rings (SSSR count). The summed E-state index contributed by atoms with van der Waals surface area (Å²) in [5.74, 6) is -0.286. The van der Waals surface area contributed by atoms with Crippen molar-refractivity contribution in [3.8, 4) is 5.75 Å². The Morgan fingerprint density at radius 2 is 1.88 bits per heavy atom. The Labute approximate surface area is 194 Å². The molecule has 0 bridgehead atoms. The minimum atomic E-state index is -0.477. The number of carbonyl (C=O) groups is 2. The van der Waals surface area contributed by atoms with E-state index >= 15 is 0 Å². The fraction of sp³-hybridized carbons (Fsp3) is 0.120. The van der Waals surface area contributed by atoms with Gasteiger partial charge in [-0.3, -0.25) is 14.5 Å². The van der Waals surface area contributed by atoms with Crippen molar-refractivity contribution < 1.29 is 18.7 Å². The number of rotatable bonds is 6. The number of imide groups is 1. The van der Waals surface area contributed by atoms with Crippen molar-refractivity contribution in [2.24, 2.45) is 0 Å². The highest BCUT2D eigenvalue weighted by Crippen LogP contribution is 2.35. The lowest BCUT2D eigenvalue weighted by Gasteiger charge is -2.13. The molecular formula is C25H19ClFNO3S. The SMILES string of the molecule is Cc1cccc(COc2ccccc2/C=C2\SC(=O)N(Cc3ccc(F)cc3Cl)C2=O)c1. The average Bonchev–Trinajstić information content (AvgIpc) is 3.02. The third-order valence-corrected chi connectivity index (χ3v) is 6.16. The molecule has 0 N–H and O–H groups in total. The Morgan fingerprint density at radius 3 is 2.66 bits per heavy atom. The molecule has 0 spiro atoms. The Morgan fingerprint density at radius 1 is 1.06 bits per heavy atom. The van der Waals surface area contributed by atoms with Gasteiger partial charge in [-0.05, 0) is 54.1 Å². The lowest BCUT2D eigenvalue weighted by atomic mass is 10.1. The fourth-order valence-electron chi connectivity index (χ4n) is 3.29. The standard InChI is InChI=1S/C25H19ClFNO3S/c1-16-5-4-6-17(11-16)15-31-22-8-3-2-7-18(22)12-23-24(29)28(25(30)32-23)14-19-9-10-20(27)13-21(19)26/h2-13H,14-15H2,1H3/b23-12-. The first-order chi connectivity index (χ1) is 15.4. The monoisotopic (exact) mass is 467 g/mol. The number of ether oxygens (including phenoxy) is 1. The van der Waals surface area contributed by atoms with Crippen LogP contribution in [0.4, 0.5) is 9.18 Å². The summed E-state index contributed by atoms with van der Waals surface area (Å²) in [6, 6.07) is 19.3. The maximum atomic E-state index is 13.3. The first-order valence-electron chi connectivity index (χ1n) is 9.87. The van der Waals surface area contributed by atoms with E-state index in [1.54, 1.807) is 6.08 Å². The van der Waals surface area contributed by atoms with Gasteiger partial charge < -0.3 is 4.74 Å².